The summed E-state index contributed by atoms with van der Waals surface area (Å²) in [5, 5.41) is 10.6. The van der Waals surface area contributed by atoms with Gasteiger partial charge >= 0.3 is 39.5 Å². The first kappa shape index (κ1) is 95.9. The lowest BCUT2D eigenvalue weighted by molar-refractivity contribution is -0.161. The first-order valence-electron chi connectivity index (χ1n) is 37.7. The smallest absolute Gasteiger partial charge is 0.462 e. The number of aliphatic hydroxyl groups is 1. The number of carbonyl (C=O) groups is 4. The Hall–Kier alpha value is -6.10. The highest BCUT2D eigenvalue weighted by Gasteiger charge is 2.30. The van der Waals surface area contributed by atoms with Crippen molar-refractivity contribution in [1.82, 2.24) is 0 Å². The van der Waals surface area contributed by atoms with E-state index in [1.807, 2.05) is 48.6 Å². The van der Waals surface area contributed by atoms with Crippen LogP contribution in [0.2, 0.25) is 0 Å². The van der Waals surface area contributed by atoms with Gasteiger partial charge in [0.15, 0.2) is 12.2 Å². The largest absolute Gasteiger partial charge is 0.472 e. The van der Waals surface area contributed by atoms with Crippen LogP contribution in [0.5, 0.6) is 0 Å². The zero-order valence-electron chi connectivity index (χ0n) is 62.4. The lowest BCUT2D eigenvalue weighted by atomic mass is 10.1. The van der Waals surface area contributed by atoms with Crippen LogP contribution in [-0.2, 0) is 65.4 Å². The van der Waals surface area contributed by atoms with Crippen molar-refractivity contribution in [3.63, 3.8) is 0 Å². The van der Waals surface area contributed by atoms with E-state index < -0.39 is 97.5 Å². The molecule has 17 nitrogen and oxygen atoms in total. The summed E-state index contributed by atoms with van der Waals surface area (Å²) in [6, 6.07) is 0. The number of esters is 4. The van der Waals surface area contributed by atoms with Gasteiger partial charge in [-0.2, -0.15) is 0 Å². The van der Waals surface area contributed by atoms with Gasteiger partial charge in [0.25, 0.3) is 0 Å². The quantitative estimate of drug-likeness (QED) is 0.0169. The fraction of sp³-hybridized carbons (Fsp3) is 0.566. The summed E-state index contributed by atoms with van der Waals surface area (Å²) >= 11 is 0. The molecule has 3 N–H and O–H groups in total. The van der Waals surface area contributed by atoms with Crippen molar-refractivity contribution in [3.8, 4) is 0 Å². The highest BCUT2D eigenvalue weighted by atomic mass is 31.2. The topological polar surface area (TPSA) is 237 Å². The number of ether oxygens (including phenoxy) is 4. The Bertz CT molecular complexity index is 2700. The van der Waals surface area contributed by atoms with Crippen molar-refractivity contribution in [2.45, 2.75) is 264 Å². The number of phosphoric ester groups is 2. The van der Waals surface area contributed by atoms with Gasteiger partial charge in [0.1, 0.15) is 19.3 Å². The van der Waals surface area contributed by atoms with E-state index in [1.165, 1.54) is 38.5 Å². The maximum Gasteiger partial charge on any atom is 0.472 e. The SMILES string of the molecule is CC/C=C\C/C=C\C/C=C\C/C=C\C/C=C\C/C=C\CCC(=O)OCC(COP(=O)(O)OCC(O)COP(=O)(O)OCC(COC(=O)C/C=C\C/C=C\C/C=C\C/C=C\C/C=C\CC)OC(=O)CCCCCCCCCCCCC)OC(=O)CCC/C=C\C/C=C\C/C=C\C/C=C\C/C=C\CC. The monoisotopic (exact) mass is 1460 g/mol. The van der Waals surface area contributed by atoms with Crippen molar-refractivity contribution in [2.75, 3.05) is 39.6 Å². The summed E-state index contributed by atoms with van der Waals surface area (Å²) < 4.78 is 68.1. The van der Waals surface area contributed by atoms with E-state index in [1.54, 1.807) is 6.08 Å². The molecule has 0 spiro atoms. The van der Waals surface area contributed by atoms with E-state index in [4.69, 9.17) is 37.0 Å². The Morgan fingerprint density at radius 1 is 0.294 bits per heavy atom. The minimum Gasteiger partial charge on any atom is -0.462 e. The van der Waals surface area contributed by atoms with Crippen LogP contribution in [0, 0.1) is 0 Å². The summed E-state index contributed by atoms with van der Waals surface area (Å²) in [6.45, 7) is 4.20. The second-order valence-electron chi connectivity index (χ2n) is 24.1. The molecule has 0 aliphatic carbocycles. The summed E-state index contributed by atoms with van der Waals surface area (Å²) in [4.78, 5) is 72.7. The normalized spacial score (nSPS) is 15.0. The van der Waals surface area contributed by atoms with Gasteiger partial charge < -0.3 is 33.8 Å². The van der Waals surface area contributed by atoms with Gasteiger partial charge in [-0.15, -0.1) is 0 Å². The van der Waals surface area contributed by atoms with Gasteiger partial charge in [0, 0.05) is 19.3 Å². The predicted octanol–water partition coefficient (Wildman–Crippen LogP) is 21.8. The number of aliphatic hydroxyl groups excluding tert-OH is 1. The highest BCUT2D eigenvalue weighted by Crippen LogP contribution is 2.45. The molecule has 0 fully saturated rings. The van der Waals surface area contributed by atoms with Crippen LogP contribution in [0.4, 0.5) is 0 Å². The number of carbonyl (C=O) groups excluding carboxylic acids is 4. The fourth-order valence-corrected chi connectivity index (χ4v) is 10.6. The molecule has 0 heterocycles. The number of hydrogen-bond donors (Lipinski definition) is 3. The molecule has 0 aromatic rings. The summed E-state index contributed by atoms with van der Waals surface area (Å²) in [5.41, 5.74) is 0. The van der Waals surface area contributed by atoms with E-state index in [0.717, 1.165) is 116 Å². The van der Waals surface area contributed by atoms with Gasteiger partial charge in [0.05, 0.1) is 32.8 Å². The van der Waals surface area contributed by atoms with Crippen LogP contribution in [0.15, 0.2) is 194 Å². The molecule has 5 unspecified atom stereocenters. The molecule has 0 aliphatic rings. The molecular formula is C83H130O17P2. The van der Waals surface area contributed by atoms with Crippen LogP contribution >= 0.6 is 15.6 Å². The number of phosphoric acid groups is 2. The third kappa shape index (κ3) is 72.3. The number of hydrogen-bond acceptors (Lipinski definition) is 15. The van der Waals surface area contributed by atoms with E-state index in [2.05, 4.69) is 167 Å². The van der Waals surface area contributed by atoms with Crippen LogP contribution < -0.4 is 0 Å². The molecule has 0 aromatic heterocycles. The number of unbranched alkanes of at least 4 members (excludes halogenated alkanes) is 11. The summed E-state index contributed by atoms with van der Waals surface area (Å²) in [7, 11) is -10.0. The molecule has 0 bridgehead atoms. The average Bonchev–Trinajstić information content (AvgIpc) is 0.921. The van der Waals surface area contributed by atoms with Crippen LogP contribution in [0.25, 0.3) is 0 Å². The van der Waals surface area contributed by atoms with Gasteiger partial charge in [-0.1, -0.05) is 286 Å². The third-order valence-corrected chi connectivity index (χ3v) is 16.5. The molecule has 0 aliphatic heterocycles. The van der Waals surface area contributed by atoms with Crippen molar-refractivity contribution < 1.29 is 80.2 Å². The van der Waals surface area contributed by atoms with E-state index >= 15 is 0 Å². The van der Waals surface area contributed by atoms with E-state index in [9.17, 15) is 43.2 Å². The minimum absolute atomic E-state index is 0.00942. The van der Waals surface area contributed by atoms with Gasteiger partial charge in [-0.05, 0) is 128 Å². The Morgan fingerprint density at radius 2 is 0.569 bits per heavy atom. The first-order chi connectivity index (χ1) is 49.7. The zero-order valence-corrected chi connectivity index (χ0v) is 64.2. The molecular weight excluding hydrogens is 1330 g/mol. The summed E-state index contributed by atoms with van der Waals surface area (Å²) in [5.74, 6) is -2.51. The second kappa shape index (κ2) is 73.2. The molecule has 574 valence electrons. The standard InChI is InChI=1S/C83H130O17P2/c1-5-9-13-17-21-25-29-32-35-37-38-40-42-45-49-52-56-60-64-68-81(86)94-74-79(100-83(88)70-66-62-58-54-50-46-43-39-36-33-30-26-22-18-14-10-6-2)76-98-102(91,92)96-72-77(84)71-95-101(89,90)97-75-78(99-82(87)69-65-61-57-53-47-28-24-20-16-12-8-4)73-93-80(85)67-63-59-55-51-48-44-41-34-31-27-23-19-15-11-7-3/h9-11,13-15,21-23,25-27,32-36,38,40-41,43,45-46,48-49,51,54,56,58-60,63,77-79,84H,5-8,12,16-20,24,28-31,37,39,42,44,47,50,52-53,55,57,61-62,64-76H2,1-4H3,(H,89,90)(H,91,92)/b13-9-,14-10-,15-11-,25-21-,26-22-,27-23-,35-32-,36-33-,40-38-,41-34-,46-43-,49-45-,51-48-,58-54-,60-56-,63-59-. The van der Waals surface area contributed by atoms with Crippen molar-refractivity contribution in [1.29, 1.82) is 0 Å². The van der Waals surface area contributed by atoms with Gasteiger partial charge in [-0.25, -0.2) is 9.13 Å². The molecule has 0 aromatic carbocycles. The third-order valence-electron chi connectivity index (χ3n) is 14.6. The maximum absolute atomic E-state index is 13.1. The van der Waals surface area contributed by atoms with E-state index in [-0.39, 0.29) is 25.7 Å². The Balaban J connectivity index is 5.54. The maximum atomic E-state index is 13.1. The van der Waals surface area contributed by atoms with E-state index in [0.29, 0.717) is 38.5 Å². The molecule has 0 saturated carbocycles. The van der Waals surface area contributed by atoms with Crippen LogP contribution in [-0.4, -0.2) is 96.7 Å². The van der Waals surface area contributed by atoms with Gasteiger partial charge in [0.2, 0.25) is 0 Å². The number of rotatable bonds is 68. The predicted molar refractivity (Wildman–Crippen MR) is 417 cm³/mol. The minimum atomic E-state index is -5.02. The molecule has 0 amide bonds. The molecule has 5 atom stereocenters. The lowest BCUT2D eigenvalue weighted by Gasteiger charge is -2.21. The van der Waals surface area contributed by atoms with Crippen molar-refractivity contribution >= 4 is 39.5 Å². The fourth-order valence-electron chi connectivity index (χ4n) is 9.00. The van der Waals surface area contributed by atoms with Crippen molar-refractivity contribution in [2.24, 2.45) is 0 Å². The Kier molecular flexibility index (Phi) is 68.8. The molecule has 102 heavy (non-hydrogen) atoms. The first-order valence-corrected chi connectivity index (χ1v) is 40.7. The van der Waals surface area contributed by atoms with Crippen molar-refractivity contribution in [3.05, 3.63) is 194 Å². The molecule has 0 radical (unpaired) electrons. The van der Waals surface area contributed by atoms with Gasteiger partial charge in [-0.3, -0.25) is 37.3 Å². The number of allylic oxidation sites excluding steroid dienone is 31. The second-order valence-corrected chi connectivity index (χ2v) is 27.0. The highest BCUT2D eigenvalue weighted by molar-refractivity contribution is 7.47. The molecule has 0 saturated heterocycles. The zero-order chi connectivity index (χ0) is 74.6. The van der Waals surface area contributed by atoms with Crippen LogP contribution in [0.1, 0.15) is 246 Å². The Morgan fingerprint density at radius 3 is 0.912 bits per heavy atom. The molecule has 19 heteroatoms. The Labute approximate surface area is 615 Å². The lowest BCUT2D eigenvalue weighted by Crippen LogP contribution is -2.30. The average molecular weight is 1460 g/mol. The van der Waals surface area contributed by atoms with Crippen LogP contribution in [0.3, 0.4) is 0 Å². The summed E-state index contributed by atoms with van der Waals surface area (Å²) in [6.07, 6.45) is 89.2. The molecule has 0 rings (SSSR count).